The van der Waals surface area contributed by atoms with E-state index in [-0.39, 0.29) is 17.8 Å². The predicted octanol–water partition coefficient (Wildman–Crippen LogP) is 2.30. The highest BCUT2D eigenvalue weighted by Gasteiger charge is 2.21. The molecule has 1 aromatic carbocycles. The number of ketones is 1. The number of ether oxygens (including phenoxy) is 1. The van der Waals surface area contributed by atoms with E-state index in [1.165, 1.54) is 24.3 Å². The van der Waals surface area contributed by atoms with Gasteiger partial charge >= 0.3 is 6.09 Å². The van der Waals surface area contributed by atoms with Crippen LogP contribution in [0.3, 0.4) is 0 Å². The molecule has 1 aromatic rings. The molecular formula is C13H16N2O5. The molecule has 0 radical (unpaired) electrons. The summed E-state index contributed by atoms with van der Waals surface area (Å²) in [7, 11) is 0. The number of Topliss-reactive ketones (excluding diaryl/α,β-unsaturated/α-hetero) is 1. The van der Waals surface area contributed by atoms with Crippen molar-refractivity contribution in [3.63, 3.8) is 0 Å². The van der Waals surface area contributed by atoms with E-state index in [1.807, 2.05) is 0 Å². The lowest BCUT2D eigenvalue weighted by atomic mass is 10.1. The van der Waals surface area contributed by atoms with Crippen LogP contribution in [0.4, 0.5) is 10.5 Å². The van der Waals surface area contributed by atoms with Gasteiger partial charge in [0.05, 0.1) is 17.0 Å². The Balaban J connectivity index is 2.69. The third-order valence-corrected chi connectivity index (χ3v) is 2.19. The molecule has 0 atom stereocenters. The van der Waals surface area contributed by atoms with Gasteiger partial charge in [0, 0.05) is 6.07 Å². The van der Waals surface area contributed by atoms with Crippen molar-refractivity contribution >= 4 is 17.6 Å². The van der Waals surface area contributed by atoms with E-state index < -0.39 is 22.4 Å². The Labute approximate surface area is 116 Å². The zero-order valence-electron chi connectivity index (χ0n) is 11.5. The molecule has 7 heteroatoms. The first-order valence-electron chi connectivity index (χ1n) is 5.94. The molecule has 0 saturated heterocycles. The van der Waals surface area contributed by atoms with Crippen LogP contribution < -0.4 is 5.32 Å². The van der Waals surface area contributed by atoms with Gasteiger partial charge in [-0.25, -0.2) is 4.79 Å². The summed E-state index contributed by atoms with van der Waals surface area (Å²) in [6.07, 6.45) is -0.746. The number of nitrogens with zero attached hydrogens (tertiary/aromatic N) is 1. The normalized spacial score (nSPS) is 10.8. The summed E-state index contributed by atoms with van der Waals surface area (Å²) < 4.78 is 4.97. The van der Waals surface area contributed by atoms with Gasteiger partial charge in [-0.2, -0.15) is 0 Å². The number of carbonyl (C=O) groups excluding carboxylic acids is 2. The van der Waals surface area contributed by atoms with Gasteiger partial charge in [0.15, 0.2) is 5.78 Å². The second-order valence-electron chi connectivity index (χ2n) is 5.05. The van der Waals surface area contributed by atoms with Gasteiger partial charge in [0.25, 0.3) is 5.69 Å². The molecule has 0 bridgehead atoms. The lowest BCUT2D eigenvalue weighted by molar-refractivity contribution is -0.385. The first-order chi connectivity index (χ1) is 9.20. The monoisotopic (exact) mass is 280 g/mol. The smallest absolute Gasteiger partial charge is 0.408 e. The second kappa shape index (κ2) is 6.14. The lowest BCUT2D eigenvalue weighted by Crippen LogP contribution is -2.35. The van der Waals surface area contributed by atoms with Crippen molar-refractivity contribution < 1.29 is 19.2 Å². The van der Waals surface area contributed by atoms with Crippen LogP contribution in [-0.4, -0.2) is 28.9 Å². The van der Waals surface area contributed by atoms with E-state index in [4.69, 9.17) is 4.74 Å². The third-order valence-electron chi connectivity index (χ3n) is 2.19. The molecule has 1 amide bonds. The Hall–Kier alpha value is -2.44. The van der Waals surface area contributed by atoms with Crippen molar-refractivity contribution in [1.82, 2.24) is 5.32 Å². The SMILES string of the molecule is CC(C)(C)OC(=O)NCC(=O)c1ccccc1[N+](=O)[O-]. The molecule has 0 heterocycles. The minimum atomic E-state index is -0.746. The number of nitrogens with one attached hydrogen (secondary N) is 1. The standard InChI is InChI=1S/C13H16N2O5/c1-13(2,3)20-12(17)14-8-11(16)9-6-4-5-7-10(9)15(18)19/h4-7H,8H2,1-3H3,(H,14,17). The highest BCUT2D eigenvalue weighted by molar-refractivity contribution is 6.02. The Morgan fingerprint density at radius 3 is 2.45 bits per heavy atom. The van der Waals surface area contributed by atoms with Gasteiger partial charge in [-0.15, -0.1) is 0 Å². The zero-order chi connectivity index (χ0) is 15.3. The van der Waals surface area contributed by atoms with Crippen LogP contribution in [0.15, 0.2) is 24.3 Å². The van der Waals surface area contributed by atoms with Crippen molar-refractivity contribution in [3.8, 4) is 0 Å². The van der Waals surface area contributed by atoms with Crippen LogP contribution in [-0.2, 0) is 4.74 Å². The molecule has 0 spiro atoms. The fourth-order valence-corrected chi connectivity index (χ4v) is 1.43. The molecular weight excluding hydrogens is 264 g/mol. The van der Waals surface area contributed by atoms with Crippen molar-refractivity contribution in [1.29, 1.82) is 0 Å². The summed E-state index contributed by atoms with van der Waals surface area (Å²) in [6.45, 7) is 4.71. The fraction of sp³-hybridized carbons (Fsp3) is 0.385. The number of carbonyl (C=O) groups is 2. The molecule has 0 unspecified atom stereocenters. The molecule has 0 aliphatic carbocycles. The zero-order valence-corrected chi connectivity index (χ0v) is 11.5. The summed E-state index contributed by atoms with van der Waals surface area (Å²) >= 11 is 0. The highest BCUT2D eigenvalue weighted by Crippen LogP contribution is 2.17. The molecule has 1 rings (SSSR count). The quantitative estimate of drug-likeness (QED) is 0.518. The summed E-state index contributed by atoms with van der Waals surface area (Å²) in [6, 6.07) is 5.57. The summed E-state index contributed by atoms with van der Waals surface area (Å²) in [5.41, 5.74) is -1.01. The van der Waals surface area contributed by atoms with E-state index in [0.29, 0.717) is 0 Å². The van der Waals surface area contributed by atoms with Gasteiger partial charge in [-0.3, -0.25) is 14.9 Å². The molecule has 7 nitrogen and oxygen atoms in total. The molecule has 0 aliphatic rings. The molecule has 0 aromatic heterocycles. The number of benzene rings is 1. The Kier molecular flexibility index (Phi) is 4.79. The number of hydrogen-bond acceptors (Lipinski definition) is 5. The molecule has 1 N–H and O–H groups in total. The minimum Gasteiger partial charge on any atom is -0.444 e. The van der Waals surface area contributed by atoms with Crippen molar-refractivity contribution in [2.24, 2.45) is 0 Å². The second-order valence-corrected chi connectivity index (χ2v) is 5.05. The maximum atomic E-state index is 11.9. The van der Waals surface area contributed by atoms with Gasteiger partial charge in [0.2, 0.25) is 0 Å². The summed E-state index contributed by atoms with van der Waals surface area (Å²) in [5.74, 6) is -0.553. The maximum Gasteiger partial charge on any atom is 0.408 e. The minimum absolute atomic E-state index is 0.0476. The van der Waals surface area contributed by atoms with Crippen LogP contribution in [0.1, 0.15) is 31.1 Å². The molecule has 0 saturated carbocycles. The van der Waals surface area contributed by atoms with Crippen molar-refractivity contribution in [3.05, 3.63) is 39.9 Å². The van der Waals surface area contributed by atoms with Gasteiger partial charge in [-0.05, 0) is 26.8 Å². The molecule has 20 heavy (non-hydrogen) atoms. The summed E-state index contributed by atoms with van der Waals surface area (Å²) in [4.78, 5) is 33.4. The van der Waals surface area contributed by atoms with Gasteiger partial charge < -0.3 is 10.1 Å². The van der Waals surface area contributed by atoms with Gasteiger partial charge in [0.1, 0.15) is 5.60 Å². The van der Waals surface area contributed by atoms with E-state index in [0.717, 1.165) is 0 Å². The average molecular weight is 280 g/mol. The summed E-state index contributed by atoms with van der Waals surface area (Å²) in [5, 5.41) is 13.1. The van der Waals surface area contributed by atoms with E-state index in [9.17, 15) is 19.7 Å². The maximum absolute atomic E-state index is 11.9. The fourth-order valence-electron chi connectivity index (χ4n) is 1.43. The third kappa shape index (κ3) is 4.68. The largest absolute Gasteiger partial charge is 0.444 e. The Bertz CT molecular complexity index is 534. The molecule has 0 aliphatic heterocycles. The topological polar surface area (TPSA) is 98.5 Å². The van der Waals surface area contributed by atoms with Crippen LogP contribution in [0.25, 0.3) is 0 Å². The predicted molar refractivity (Wildman–Crippen MR) is 71.7 cm³/mol. The number of hydrogen-bond donors (Lipinski definition) is 1. The van der Waals surface area contributed by atoms with Crippen LogP contribution in [0.5, 0.6) is 0 Å². The van der Waals surface area contributed by atoms with Crippen molar-refractivity contribution in [2.75, 3.05) is 6.54 Å². The Morgan fingerprint density at radius 1 is 1.30 bits per heavy atom. The van der Waals surface area contributed by atoms with E-state index in [2.05, 4.69) is 5.32 Å². The van der Waals surface area contributed by atoms with E-state index in [1.54, 1.807) is 20.8 Å². The van der Waals surface area contributed by atoms with E-state index >= 15 is 0 Å². The first-order valence-corrected chi connectivity index (χ1v) is 5.94. The molecule has 0 fully saturated rings. The Morgan fingerprint density at radius 2 is 1.90 bits per heavy atom. The van der Waals surface area contributed by atoms with Crippen LogP contribution in [0, 0.1) is 10.1 Å². The lowest BCUT2D eigenvalue weighted by Gasteiger charge is -2.19. The first kappa shape index (κ1) is 15.6. The van der Waals surface area contributed by atoms with Crippen LogP contribution >= 0.6 is 0 Å². The van der Waals surface area contributed by atoms with Crippen LogP contribution in [0.2, 0.25) is 0 Å². The number of para-hydroxylation sites is 1. The van der Waals surface area contributed by atoms with Gasteiger partial charge in [-0.1, -0.05) is 12.1 Å². The number of amides is 1. The number of alkyl carbamates (subject to hydrolysis) is 1. The molecule has 108 valence electrons. The number of nitro groups is 1. The highest BCUT2D eigenvalue weighted by atomic mass is 16.6. The van der Waals surface area contributed by atoms with Crippen molar-refractivity contribution in [2.45, 2.75) is 26.4 Å². The number of nitro benzene ring substituents is 1. The average Bonchev–Trinajstić information content (AvgIpc) is 2.33. The number of rotatable bonds is 4.